The van der Waals surface area contributed by atoms with Crippen LogP contribution in [0.3, 0.4) is 0 Å². The van der Waals surface area contributed by atoms with E-state index in [1.165, 1.54) is 0 Å². The fourth-order valence-electron chi connectivity index (χ4n) is 5.89. The van der Waals surface area contributed by atoms with E-state index in [9.17, 15) is 9.59 Å². The summed E-state index contributed by atoms with van der Waals surface area (Å²) < 4.78 is 6.08. The van der Waals surface area contributed by atoms with Gasteiger partial charge in [0.05, 0.1) is 17.4 Å². The minimum Gasteiger partial charge on any atom is -0.458 e. The van der Waals surface area contributed by atoms with Crippen molar-refractivity contribution in [1.29, 1.82) is 0 Å². The van der Waals surface area contributed by atoms with Crippen LogP contribution in [-0.4, -0.2) is 42.9 Å². The molecule has 3 aromatic rings. The largest absolute Gasteiger partial charge is 0.458 e. The van der Waals surface area contributed by atoms with Gasteiger partial charge in [-0.1, -0.05) is 58.4 Å². The molecule has 3 atom stereocenters. The number of benzene rings is 1. The standard InChI is InChI=1S/C33H41ClN4O3/c1-21(2)18-33(30(40)41-32(6,7)8)19-23(27-20-35-15-16-37-27)28(26-11-9-10-14-36-26)38(33)29(39)22-12-13-24(25(34)17-22)31(3,4)5/h9-17,20-21,23,28H,18-19H2,1-8H3/t23-,28-,33+/m1/s1. The zero-order valence-electron chi connectivity index (χ0n) is 25.3. The summed E-state index contributed by atoms with van der Waals surface area (Å²) >= 11 is 6.75. The summed E-state index contributed by atoms with van der Waals surface area (Å²) in [5.41, 5.74) is 0.477. The molecule has 1 amide bonds. The number of carbonyl (C=O) groups is 2. The fraction of sp³-hybridized carbons (Fsp3) is 0.485. The Bertz CT molecular complexity index is 1380. The minimum absolute atomic E-state index is 0.0784. The van der Waals surface area contributed by atoms with E-state index in [2.05, 4.69) is 49.6 Å². The number of carbonyl (C=O) groups excluding carboxylic acids is 2. The van der Waals surface area contributed by atoms with Gasteiger partial charge in [0.15, 0.2) is 0 Å². The highest BCUT2D eigenvalue weighted by atomic mass is 35.5. The quantitative estimate of drug-likeness (QED) is 0.286. The number of pyridine rings is 1. The minimum atomic E-state index is -1.28. The maximum absolute atomic E-state index is 14.8. The summed E-state index contributed by atoms with van der Waals surface area (Å²) in [7, 11) is 0. The summed E-state index contributed by atoms with van der Waals surface area (Å²) in [5.74, 6) is -1.01. The second-order valence-corrected chi connectivity index (χ2v) is 13.8. The number of ether oxygens (including phenoxy) is 1. The van der Waals surface area contributed by atoms with Crippen LogP contribution in [0.5, 0.6) is 0 Å². The van der Waals surface area contributed by atoms with Gasteiger partial charge in [-0.05, 0) is 74.8 Å². The summed E-state index contributed by atoms with van der Waals surface area (Å²) in [6.07, 6.45) is 7.39. The number of amides is 1. The predicted octanol–water partition coefficient (Wildman–Crippen LogP) is 7.32. The zero-order valence-corrected chi connectivity index (χ0v) is 26.1. The second-order valence-electron chi connectivity index (χ2n) is 13.4. The lowest BCUT2D eigenvalue weighted by molar-refractivity contribution is -0.168. The van der Waals surface area contributed by atoms with Gasteiger partial charge in [-0.3, -0.25) is 19.7 Å². The zero-order chi connectivity index (χ0) is 30.2. The van der Waals surface area contributed by atoms with Gasteiger partial charge >= 0.3 is 5.97 Å². The SMILES string of the molecule is CC(C)C[C@@]1(C(=O)OC(C)(C)C)C[C@H](c2cnccn2)[C@H](c2ccccn2)N1C(=O)c1ccc(C(C)(C)C)c(Cl)c1. The molecule has 8 heteroatoms. The van der Waals surface area contributed by atoms with Gasteiger partial charge in [0.1, 0.15) is 11.1 Å². The molecule has 0 bridgehead atoms. The smallest absolute Gasteiger partial charge is 0.332 e. The van der Waals surface area contributed by atoms with Crippen molar-refractivity contribution in [2.45, 2.75) is 96.7 Å². The van der Waals surface area contributed by atoms with Gasteiger partial charge < -0.3 is 9.64 Å². The first-order valence-electron chi connectivity index (χ1n) is 14.2. The summed E-state index contributed by atoms with van der Waals surface area (Å²) in [4.78, 5) is 44.5. The molecular formula is C33H41ClN4O3. The monoisotopic (exact) mass is 576 g/mol. The topological polar surface area (TPSA) is 85.3 Å². The van der Waals surface area contributed by atoms with E-state index in [1.54, 1.807) is 41.8 Å². The van der Waals surface area contributed by atoms with E-state index in [0.717, 1.165) is 5.56 Å². The lowest BCUT2D eigenvalue weighted by Gasteiger charge is -2.41. The maximum Gasteiger partial charge on any atom is 0.332 e. The van der Waals surface area contributed by atoms with E-state index in [4.69, 9.17) is 16.3 Å². The van der Waals surface area contributed by atoms with Gasteiger partial charge in [0, 0.05) is 41.3 Å². The number of esters is 1. The van der Waals surface area contributed by atoms with E-state index in [-0.39, 0.29) is 23.2 Å². The van der Waals surface area contributed by atoms with Crippen molar-refractivity contribution < 1.29 is 14.3 Å². The Morgan fingerprint density at radius 2 is 1.73 bits per heavy atom. The van der Waals surface area contributed by atoms with Crippen molar-refractivity contribution in [2.24, 2.45) is 5.92 Å². The lowest BCUT2D eigenvalue weighted by atomic mass is 9.82. The lowest BCUT2D eigenvalue weighted by Crippen LogP contribution is -2.56. The van der Waals surface area contributed by atoms with Crippen LogP contribution >= 0.6 is 11.6 Å². The molecule has 3 heterocycles. The second kappa shape index (κ2) is 11.5. The van der Waals surface area contributed by atoms with Gasteiger partial charge in [-0.15, -0.1) is 0 Å². The third-order valence-electron chi connectivity index (χ3n) is 7.40. The third kappa shape index (κ3) is 6.45. The molecule has 1 aliphatic rings. The molecule has 0 aliphatic carbocycles. The molecule has 41 heavy (non-hydrogen) atoms. The Hall–Kier alpha value is -3.32. The average Bonchev–Trinajstić information content (AvgIpc) is 3.23. The molecule has 0 unspecified atom stereocenters. The fourth-order valence-corrected chi connectivity index (χ4v) is 6.35. The molecule has 1 aromatic carbocycles. The Morgan fingerprint density at radius 3 is 2.27 bits per heavy atom. The van der Waals surface area contributed by atoms with Crippen molar-refractivity contribution in [3.05, 3.63) is 88.7 Å². The van der Waals surface area contributed by atoms with Crippen molar-refractivity contribution in [1.82, 2.24) is 19.9 Å². The van der Waals surface area contributed by atoms with Gasteiger partial charge in [-0.25, -0.2) is 4.79 Å². The normalized spacial score (nSPS) is 21.3. The molecule has 0 spiro atoms. The molecule has 4 rings (SSSR count). The maximum atomic E-state index is 14.8. The van der Waals surface area contributed by atoms with Crippen molar-refractivity contribution in [3.63, 3.8) is 0 Å². The average molecular weight is 577 g/mol. The van der Waals surface area contributed by atoms with Crippen LogP contribution in [0.25, 0.3) is 0 Å². The van der Waals surface area contributed by atoms with Crippen LogP contribution < -0.4 is 0 Å². The molecule has 0 N–H and O–H groups in total. The molecule has 0 radical (unpaired) electrons. The summed E-state index contributed by atoms with van der Waals surface area (Å²) in [6.45, 7) is 15.9. The number of halogens is 1. The van der Waals surface area contributed by atoms with Crippen LogP contribution in [0, 0.1) is 5.92 Å². The van der Waals surface area contributed by atoms with E-state index in [1.807, 2.05) is 45.0 Å². The van der Waals surface area contributed by atoms with Crippen LogP contribution in [-0.2, 0) is 14.9 Å². The number of rotatable bonds is 6. The van der Waals surface area contributed by atoms with E-state index >= 15 is 0 Å². The highest BCUT2D eigenvalue weighted by molar-refractivity contribution is 6.31. The third-order valence-corrected chi connectivity index (χ3v) is 7.71. The molecule has 7 nitrogen and oxygen atoms in total. The molecule has 1 saturated heterocycles. The first-order valence-corrected chi connectivity index (χ1v) is 14.6. The molecule has 2 aromatic heterocycles. The highest BCUT2D eigenvalue weighted by Gasteiger charge is 2.61. The Labute approximate surface area is 248 Å². The Morgan fingerprint density at radius 1 is 1.02 bits per heavy atom. The number of hydrogen-bond donors (Lipinski definition) is 0. The number of aromatic nitrogens is 3. The number of nitrogens with zero attached hydrogens (tertiary/aromatic N) is 4. The van der Waals surface area contributed by atoms with Crippen LogP contribution in [0.15, 0.2) is 61.2 Å². The number of likely N-dealkylation sites (tertiary alicyclic amines) is 1. The van der Waals surface area contributed by atoms with Crippen molar-refractivity contribution in [3.8, 4) is 0 Å². The molecule has 1 aliphatic heterocycles. The first kappa shape index (κ1) is 30.6. The highest BCUT2D eigenvalue weighted by Crippen LogP contribution is 2.54. The van der Waals surface area contributed by atoms with E-state index < -0.39 is 23.2 Å². The Balaban J connectivity index is 1.98. The van der Waals surface area contributed by atoms with Crippen LogP contribution in [0.2, 0.25) is 5.02 Å². The summed E-state index contributed by atoms with van der Waals surface area (Å²) in [6, 6.07) is 10.4. The van der Waals surface area contributed by atoms with E-state index in [0.29, 0.717) is 34.8 Å². The van der Waals surface area contributed by atoms with Gasteiger partial charge in [-0.2, -0.15) is 0 Å². The van der Waals surface area contributed by atoms with Crippen molar-refractivity contribution >= 4 is 23.5 Å². The Kier molecular flexibility index (Phi) is 8.60. The predicted molar refractivity (Wildman–Crippen MR) is 161 cm³/mol. The molecule has 0 saturated carbocycles. The molecule has 218 valence electrons. The van der Waals surface area contributed by atoms with Crippen LogP contribution in [0.1, 0.15) is 108 Å². The van der Waals surface area contributed by atoms with Gasteiger partial charge in [0.25, 0.3) is 5.91 Å². The van der Waals surface area contributed by atoms with Gasteiger partial charge in [0.2, 0.25) is 0 Å². The molecule has 1 fully saturated rings. The number of hydrogen-bond acceptors (Lipinski definition) is 6. The summed E-state index contributed by atoms with van der Waals surface area (Å²) in [5, 5.41) is 0.508. The van der Waals surface area contributed by atoms with Crippen LogP contribution in [0.4, 0.5) is 0 Å². The first-order chi connectivity index (χ1) is 19.1. The van der Waals surface area contributed by atoms with Crippen molar-refractivity contribution in [2.75, 3.05) is 0 Å². The molecular weight excluding hydrogens is 536 g/mol.